The molecule has 0 atom stereocenters. The molecule has 1 amide bonds. The van der Waals surface area contributed by atoms with E-state index in [0.717, 1.165) is 11.3 Å². The third-order valence-corrected chi connectivity index (χ3v) is 3.26. The number of rotatable bonds is 6. The lowest BCUT2D eigenvalue weighted by molar-refractivity contribution is 0.0955. The van der Waals surface area contributed by atoms with Crippen LogP contribution in [0.5, 0.6) is 0 Å². The maximum absolute atomic E-state index is 12.8. The zero-order valence-electron chi connectivity index (χ0n) is 12.7. The lowest BCUT2D eigenvalue weighted by atomic mass is 10.2. The summed E-state index contributed by atoms with van der Waals surface area (Å²) in [4.78, 5) is 13.7. The fourth-order valence-electron chi connectivity index (χ4n) is 1.93. The summed E-state index contributed by atoms with van der Waals surface area (Å²) in [5.74, 6) is -0.795. The molecule has 0 aromatic heterocycles. The summed E-state index contributed by atoms with van der Waals surface area (Å²) >= 11 is 0. The fraction of sp³-hybridized carbons (Fsp3) is 0.176. The van der Waals surface area contributed by atoms with E-state index < -0.39 is 11.7 Å². The van der Waals surface area contributed by atoms with Gasteiger partial charge in [-0.05, 0) is 42.0 Å². The van der Waals surface area contributed by atoms with Gasteiger partial charge in [-0.15, -0.1) is 0 Å². The monoisotopic (exact) mass is 315 g/mol. The Kier molecular flexibility index (Phi) is 5.82. The van der Waals surface area contributed by atoms with Crippen LogP contribution in [0.2, 0.25) is 0 Å². The molecule has 0 radical (unpaired) electrons. The molecule has 2 N–H and O–H groups in total. The number of carbonyl (C=O) groups is 1. The van der Waals surface area contributed by atoms with Crippen LogP contribution in [-0.4, -0.2) is 37.4 Å². The molecule has 5 nitrogen and oxygen atoms in total. The largest absolute Gasteiger partial charge is 0.395 e. The lowest BCUT2D eigenvalue weighted by Crippen LogP contribution is -2.20. The summed E-state index contributed by atoms with van der Waals surface area (Å²) in [7, 11) is 1.89. The number of hydrazone groups is 1. The van der Waals surface area contributed by atoms with Crippen molar-refractivity contribution in [2.75, 3.05) is 25.1 Å². The van der Waals surface area contributed by atoms with E-state index in [1.165, 1.54) is 30.5 Å². The minimum absolute atomic E-state index is 0.0924. The van der Waals surface area contributed by atoms with Crippen molar-refractivity contribution in [3.8, 4) is 0 Å². The highest BCUT2D eigenvalue weighted by Gasteiger charge is 2.03. The van der Waals surface area contributed by atoms with Gasteiger partial charge in [0, 0.05) is 24.8 Å². The first-order valence-corrected chi connectivity index (χ1v) is 7.11. The van der Waals surface area contributed by atoms with Crippen LogP contribution >= 0.6 is 0 Å². The van der Waals surface area contributed by atoms with Crippen LogP contribution in [-0.2, 0) is 0 Å². The summed E-state index contributed by atoms with van der Waals surface area (Å²) in [6, 6.07) is 12.8. The molecule has 0 aliphatic carbocycles. The molecule has 2 rings (SSSR count). The Morgan fingerprint density at radius 1 is 1.22 bits per heavy atom. The Bertz CT molecular complexity index is 669. The Balaban J connectivity index is 1.92. The predicted molar refractivity (Wildman–Crippen MR) is 88.3 cm³/mol. The highest BCUT2D eigenvalue weighted by atomic mass is 19.1. The maximum atomic E-state index is 12.8. The molecular formula is C17H18FN3O2. The Morgan fingerprint density at radius 2 is 1.87 bits per heavy atom. The van der Waals surface area contributed by atoms with E-state index in [1.54, 1.807) is 0 Å². The standard InChI is InChI=1S/C17H18FN3O2/c1-21(10-11-22)16-8-2-13(3-9-16)12-19-20-17(23)14-4-6-15(18)7-5-14/h2-9,12,22H,10-11H2,1H3,(H,20,23)/b19-12+. The zero-order valence-corrected chi connectivity index (χ0v) is 12.7. The number of hydrogen-bond acceptors (Lipinski definition) is 4. The number of likely N-dealkylation sites (N-methyl/N-ethyl adjacent to an activating group) is 1. The first-order chi connectivity index (χ1) is 11.1. The normalized spacial score (nSPS) is 10.7. The van der Waals surface area contributed by atoms with Crippen molar-refractivity contribution in [2.45, 2.75) is 0 Å². The predicted octanol–water partition coefficient (Wildman–Crippen LogP) is 2.02. The molecule has 0 aliphatic heterocycles. The van der Waals surface area contributed by atoms with Gasteiger partial charge in [0.05, 0.1) is 12.8 Å². The van der Waals surface area contributed by atoms with E-state index in [2.05, 4.69) is 10.5 Å². The van der Waals surface area contributed by atoms with Gasteiger partial charge in [-0.25, -0.2) is 9.82 Å². The van der Waals surface area contributed by atoms with E-state index >= 15 is 0 Å². The van der Waals surface area contributed by atoms with Gasteiger partial charge in [-0.1, -0.05) is 12.1 Å². The van der Waals surface area contributed by atoms with Gasteiger partial charge in [0.1, 0.15) is 5.82 Å². The second kappa shape index (κ2) is 8.05. The summed E-state index contributed by atoms with van der Waals surface area (Å²) in [5, 5.41) is 12.8. The van der Waals surface area contributed by atoms with Crippen LogP contribution in [0.4, 0.5) is 10.1 Å². The molecular weight excluding hydrogens is 297 g/mol. The molecule has 0 bridgehead atoms. The molecule has 0 unspecified atom stereocenters. The fourth-order valence-corrected chi connectivity index (χ4v) is 1.93. The quantitative estimate of drug-likeness (QED) is 0.633. The molecule has 6 heteroatoms. The van der Waals surface area contributed by atoms with Crippen LogP contribution in [0, 0.1) is 5.82 Å². The van der Waals surface area contributed by atoms with E-state index in [9.17, 15) is 9.18 Å². The number of carbonyl (C=O) groups excluding carboxylic acids is 1. The van der Waals surface area contributed by atoms with Crippen LogP contribution in [0.1, 0.15) is 15.9 Å². The lowest BCUT2D eigenvalue weighted by Gasteiger charge is -2.17. The number of anilines is 1. The minimum atomic E-state index is -0.402. The van der Waals surface area contributed by atoms with Crippen molar-refractivity contribution in [3.05, 3.63) is 65.5 Å². The summed E-state index contributed by atoms with van der Waals surface area (Å²) in [6.45, 7) is 0.649. The average Bonchev–Trinajstić information content (AvgIpc) is 2.56. The van der Waals surface area contributed by atoms with Gasteiger partial charge in [-0.2, -0.15) is 5.10 Å². The Hall–Kier alpha value is -2.73. The molecule has 0 saturated carbocycles. The molecule has 0 spiro atoms. The second-order valence-corrected chi connectivity index (χ2v) is 4.94. The highest BCUT2D eigenvalue weighted by Crippen LogP contribution is 2.12. The summed E-state index contributed by atoms with van der Waals surface area (Å²) < 4.78 is 12.8. The minimum Gasteiger partial charge on any atom is -0.395 e. The van der Waals surface area contributed by atoms with E-state index in [0.29, 0.717) is 12.1 Å². The van der Waals surface area contributed by atoms with Gasteiger partial charge in [-0.3, -0.25) is 4.79 Å². The molecule has 0 aliphatic rings. The van der Waals surface area contributed by atoms with Gasteiger partial charge in [0.15, 0.2) is 0 Å². The van der Waals surface area contributed by atoms with E-state index in [4.69, 9.17) is 5.11 Å². The first-order valence-electron chi connectivity index (χ1n) is 7.11. The van der Waals surface area contributed by atoms with Crippen LogP contribution in [0.25, 0.3) is 0 Å². The number of halogens is 1. The van der Waals surface area contributed by atoms with Gasteiger partial charge >= 0.3 is 0 Å². The number of aliphatic hydroxyl groups excluding tert-OH is 1. The molecule has 23 heavy (non-hydrogen) atoms. The smallest absolute Gasteiger partial charge is 0.271 e. The van der Waals surface area contributed by atoms with Crippen LogP contribution < -0.4 is 10.3 Å². The number of nitrogens with one attached hydrogen (secondary N) is 1. The van der Waals surface area contributed by atoms with Crippen LogP contribution in [0.15, 0.2) is 53.6 Å². The van der Waals surface area contributed by atoms with Crippen LogP contribution in [0.3, 0.4) is 0 Å². The van der Waals surface area contributed by atoms with Crippen molar-refractivity contribution >= 4 is 17.8 Å². The van der Waals surface area contributed by atoms with Gasteiger partial charge in [0.2, 0.25) is 0 Å². The summed E-state index contributed by atoms with van der Waals surface area (Å²) in [6.07, 6.45) is 1.53. The first kappa shape index (κ1) is 16.6. The SMILES string of the molecule is CN(CCO)c1ccc(/C=N/NC(=O)c2ccc(F)cc2)cc1. The molecule has 2 aromatic carbocycles. The van der Waals surface area contributed by atoms with Crippen molar-refractivity contribution in [1.29, 1.82) is 0 Å². The van der Waals surface area contributed by atoms with Gasteiger partial charge in [0.25, 0.3) is 5.91 Å². The number of aliphatic hydroxyl groups is 1. The zero-order chi connectivity index (χ0) is 16.7. The molecule has 0 fully saturated rings. The van der Waals surface area contributed by atoms with Gasteiger partial charge < -0.3 is 10.0 Å². The number of hydrogen-bond donors (Lipinski definition) is 2. The molecule has 0 heterocycles. The van der Waals surface area contributed by atoms with Crippen molar-refractivity contribution in [2.24, 2.45) is 5.10 Å². The maximum Gasteiger partial charge on any atom is 0.271 e. The van der Waals surface area contributed by atoms with Crippen molar-refractivity contribution in [3.63, 3.8) is 0 Å². The Morgan fingerprint density at radius 3 is 2.48 bits per heavy atom. The highest BCUT2D eigenvalue weighted by molar-refractivity contribution is 5.94. The third kappa shape index (κ3) is 4.89. The van der Waals surface area contributed by atoms with Crippen molar-refractivity contribution in [1.82, 2.24) is 5.43 Å². The third-order valence-electron chi connectivity index (χ3n) is 3.26. The topological polar surface area (TPSA) is 64.9 Å². The number of amides is 1. The van der Waals surface area contributed by atoms with E-state index in [1.807, 2.05) is 36.2 Å². The Labute approximate surface area is 134 Å². The average molecular weight is 315 g/mol. The molecule has 0 saturated heterocycles. The number of benzene rings is 2. The second-order valence-electron chi connectivity index (χ2n) is 4.94. The summed E-state index contributed by atoms with van der Waals surface area (Å²) in [5.41, 5.74) is 4.53. The molecule has 120 valence electrons. The molecule has 2 aromatic rings. The van der Waals surface area contributed by atoms with Crippen molar-refractivity contribution < 1.29 is 14.3 Å². The number of nitrogens with zero attached hydrogens (tertiary/aromatic N) is 2. The van der Waals surface area contributed by atoms with E-state index in [-0.39, 0.29) is 6.61 Å².